The maximum absolute atomic E-state index is 13.4. The minimum atomic E-state index is -4.31. The summed E-state index contributed by atoms with van der Waals surface area (Å²) in [7, 11) is 2.05. The van der Waals surface area contributed by atoms with Crippen molar-refractivity contribution in [2.45, 2.75) is 70.1 Å². The van der Waals surface area contributed by atoms with Crippen LogP contribution in [0.3, 0.4) is 0 Å². The fourth-order valence-corrected chi connectivity index (χ4v) is 6.21. The van der Waals surface area contributed by atoms with Crippen LogP contribution < -0.4 is 10.6 Å². The van der Waals surface area contributed by atoms with Crippen LogP contribution in [0.15, 0.2) is 42.5 Å². The van der Waals surface area contributed by atoms with Gasteiger partial charge in [0, 0.05) is 30.2 Å². The van der Waals surface area contributed by atoms with Gasteiger partial charge in [-0.05, 0) is 93.8 Å². The molecule has 1 fully saturated rings. The quantitative estimate of drug-likeness (QED) is 0.474. The molecule has 1 unspecified atom stereocenters. The van der Waals surface area contributed by atoms with Crippen LogP contribution in [0, 0.1) is 17.8 Å². The van der Waals surface area contributed by atoms with Gasteiger partial charge in [-0.3, -0.25) is 0 Å². The Morgan fingerprint density at radius 2 is 1.94 bits per heavy atom. The second kappa shape index (κ2) is 10.9. The number of hydrogen-bond acceptors (Lipinski definition) is 3. The molecule has 6 heteroatoms. The number of fused-ring (bicyclic) bond motifs is 1. The van der Waals surface area contributed by atoms with Crippen molar-refractivity contribution in [3.05, 3.63) is 53.6 Å². The Kier molecular flexibility index (Phi) is 8.08. The maximum atomic E-state index is 13.4. The highest BCUT2D eigenvalue weighted by atomic mass is 19.4. The molecular formula is C28H40F3N3. The third-order valence-corrected chi connectivity index (χ3v) is 8.33. The summed E-state index contributed by atoms with van der Waals surface area (Å²) in [6.07, 6.45) is 9.85. The van der Waals surface area contributed by atoms with Crippen LogP contribution in [0.2, 0.25) is 0 Å². The van der Waals surface area contributed by atoms with Crippen LogP contribution in [0.25, 0.3) is 0 Å². The van der Waals surface area contributed by atoms with E-state index in [1.165, 1.54) is 25.0 Å². The lowest BCUT2D eigenvalue weighted by Gasteiger charge is -2.43. The zero-order chi connectivity index (χ0) is 24.3. The summed E-state index contributed by atoms with van der Waals surface area (Å²) in [5.74, 6) is 1.32. The summed E-state index contributed by atoms with van der Waals surface area (Å²) in [6.45, 7) is 7.86. The number of anilines is 1. The van der Waals surface area contributed by atoms with Crippen LogP contribution in [0.1, 0.15) is 63.0 Å². The maximum Gasteiger partial charge on any atom is 0.416 e. The normalized spacial score (nSPS) is 29.0. The number of benzene rings is 1. The zero-order valence-electron chi connectivity index (χ0n) is 20.7. The standard InChI is InChI=1S/C28H40F3N3/c1-19(18-34-15-13-23(32-3)14-16-34)9-11-24-20(2)25-17-22(28(29,30)31)10-12-26(25)33-27(24)21-7-5-4-6-8-21/h4-7,10,12,17,19-21,23-24,27,32-33H,8-9,11,13-16,18H2,1-3H3/t19-,20+,21?,24-,27+/m1/s1. The molecule has 3 nitrogen and oxygen atoms in total. The van der Waals surface area contributed by atoms with Gasteiger partial charge in [0.25, 0.3) is 0 Å². The third-order valence-electron chi connectivity index (χ3n) is 8.33. The van der Waals surface area contributed by atoms with Crippen LogP contribution >= 0.6 is 0 Å². The molecule has 5 atom stereocenters. The fourth-order valence-electron chi connectivity index (χ4n) is 6.21. The Hall–Kier alpha value is -1.79. The summed E-state index contributed by atoms with van der Waals surface area (Å²) in [5.41, 5.74) is 1.13. The van der Waals surface area contributed by atoms with Gasteiger partial charge in [0.1, 0.15) is 0 Å². The predicted octanol–water partition coefficient (Wildman–Crippen LogP) is 6.45. The molecule has 1 aromatic carbocycles. The van der Waals surface area contributed by atoms with E-state index in [9.17, 15) is 13.2 Å². The van der Waals surface area contributed by atoms with E-state index >= 15 is 0 Å². The number of rotatable bonds is 7. The summed E-state index contributed by atoms with van der Waals surface area (Å²) in [4.78, 5) is 2.58. The van der Waals surface area contributed by atoms with Crippen molar-refractivity contribution < 1.29 is 13.2 Å². The van der Waals surface area contributed by atoms with Crippen molar-refractivity contribution in [2.24, 2.45) is 17.8 Å². The first-order chi connectivity index (χ1) is 16.3. The number of nitrogens with zero attached hydrogens (tertiary/aromatic N) is 1. The SMILES string of the molecule is CNC1CCN(C[C@H](C)CC[C@@H]2[C@H](C)c3cc(C(F)(F)F)ccc3N[C@H]2C2C=CC=CC2)CC1. The lowest BCUT2D eigenvalue weighted by Crippen LogP contribution is -2.43. The summed E-state index contributed by atoms with van der Waals surface area (Å²) >= 11 is 0. The van der Waals surface area contributed by atoms with Crippen LogP contribution in [0.5, 0.6) is 0 Å². The van der Waals surface area contributed by atoms with Gasteiger partial charge in [-0.25, -0.2) is 0 Å². The van der Waals surface area contributed by atoms with E-state index in [2.05, 4.69) is 53.7 Å². The van der Waals surface area contributed by atoms with Crippen molar-refractivity contribution >= 4 is 5.69 Å². The zero-order valence-corrected chi connectivity index (χ0v) is 20.7. The van der Waals surface area contributed by atoms with Gasteiger partial charge in [-0.15, -0.1) is 0 Å². The number of allylic oxidation sites excluding steroid dienone is 3. The van der Waals surface area contributed by atoms with E-state index in [-0.39, 0.29) is 12.0 Å². The molecule has 2 aliphatic heterocycles. The Morgan fingerprint density at radius 3 is 2.59 bits per heavy atom. The molecule has 4 rings (SSSR count). The van der Waals surface area contributed by atoms with Gasteiger partial charge in [0.15, 0.2) is 0 Å². The minimum Gasteiger partial charge on any atom is -0.381 e. The molecule has 0 saturated carbocycles. The van der Waals surface area contributed by atoms with Crippen molar-refractivity contribution in [3.8, 4) is 0 Å². The van der Waals surface area contributed by atoms with Crippen LogP contribution in [-0.4, -0.2) is 43.7 Å². The summed E-state index contributed by atoms with van der Waals surface area (Å²) in [6, 6.07) is 5.10. The van der Waals surface area contributed by atoms with E-state index in [0.717, 1.165) is 50.1 Å². The molecule has 1 aromatic rings. The van der Waals surface area contributed by atoms with Gasteiger partial charge < -0.3 is 15.5 Å². The Bertz CT molecular complexity index is 870. The lowest BCUT2D eigenvalue weighted by atomic mass is 9.70. The molecule has 0 spiro atoms. The lowest BCUT2D eigenvalue weighted by molar-refractivity contribution is -0.137. The highest BCUT2D eigenvalue weighted by molar-refractivity contribution is 5.58. The highest BCUT2D eigenvalue weighted by Gasteiger charge is 2.39. The van der Waals surface area contributed by atoms with Gasteiger partial charge in [-0.2, -0.15) is 13.2 Å². The molecule has 0 bridgehead atoms. The largest absolute Gasteiger partial charge is 0.416 e. The predicted molar refractivity (Wildman–Crippen MR) is 134 cm³/mol. The second-order valence-electron chi connectivity index (χ2n) is 10.7. The molecule has 188 valence electrons. The fraction of sp³-hybridized carbons (Fsp3) is 0.643. The van der Waals surface area contributed by atoms with E-state index in [1.54, 1.807) is 6.07 Å². The molecule has 2 heterocycles. The first-order valence-corrected chi connectivity index (χ1v) is 13.0. The average Bonchev–Trinajstić information content (AvgIpc) is 2.83. The molecule has 1 saturated heterocycles. The number of hydrogen-bond donors (Lipinski definition) is 2. The average molecular weight is 476 g/mol. The molecule has 1 aliphatic carbocycles. The van der Waals surface area contributed by atoms with Gasteiger partial charge in [0.05, 0.1) is 5.56 Å². The number of piperidine rings is 1. The molecule has 0 aromatic heterocycles. The highest BCUT2D eigenvalue weighted by Crippen LogP contribution is 2.46. The Labute approximate surface area is 202 Å². The Morgan fingerprint density at radius 1 is 1.18 bits per heavy atom. The van der Waals surface area contributed by atoms with Crippen molar-refractivity contribution in [1.29, 1.82) is 0 Å². The molecule has 34 heavy (non-hydrogen) atoms. The smallest absolute Gasteiger partial charge is 0.381 e. The van der Waals surface area contributed by atoms with E-state index < -0.39 is 11.7 Å². The van der Waals surface area contributed by atoms with Gasteiger partial charge >= 0.3 is 6.18 Å². The second-order valence-corrected chi connectivity index (χ2v) is 10.7. The minimum absolute atomic E-state index is 0.0847. The number of halogens is 3. The first-order valence-electron chi connectivity index (χ1n) is 13.0. The topological polar surface area (TPSA) is 27.3 Å². The third kappa shape index (κ3) is 5.88. The summed E-state index contributed by atoms with van der Waals surface area (Å²) in [5, 5.41) is 7.07. The molecule has 2 N–H and O–H groups in total. The van der Waals surface area contributed by atoms with Crippen LogP contribution in [0.4, 0.5) is 18.9 Å². The molecule has 3 aliphatic rings. The van der Waals surface area contributed by atoms with Gasteiger partial charge in [0.2, 0.25) is 0 Å². The number of likely N-dealkylation sites (tertiary alicyclic amines) is 1. The first kappa shape index (κ1) is 25.3. The van der Waals surface area contributed by atoms with E-state index in [1.807, 2.05) is 7.05 Å². The van der Waals surface area contributed by atoms with Crippen molar-refractivity contribution in [3.63, 3.8) is 0 Å². The van der Waals surface area contributed by atoms with Crippen molar-refractivity contribution in [2.75, 3.05) is 32.0 Å². The summed E-state index contributed by atoms with van der Waals surface area (Å²) < 4.78 is 40.3. The van der Waals surface area contributed by atoms with E-state index in [0.29, 0.717) is 23.8 Å². The molecule has 0 radical (unpaired) electrons. The molecule has 0 amide bonds. The van der Waals surface area contributed by atoms with E-state index in [4.69, 9.17) is 0 Å². The monoisotopic (exact) mass is 475 g/mol. The number of alkyl halides is 3. The molecular weight excluding hydrogens is 435 g/mol. The van der Waals surface area contributed by atoms with Gasteiger partial charge in [-0.1, -0.05) is 38.2 Å². The Balaban J connectivity index is 1.46. The van der Waals surface area contributed by atoms with Crippen LogP contribution in [-0.2, 0) is 6.18 Å². The van der Waals surface area contributed by atoms with Crippen molar-refractivity contribution in [1.82, 2.24) is 10.2 Å². The number of nitrogens with one attached hydrogen (secondary N) is 2.